The first-order chi connectivity index (χ1) is 18.1. The second-order valence-electron chi connectivity index (χ2n) is 9.59. The number of hydrogen-bond donors (Lipinski definition) is 2. The summed E-state index contributed by atoms with van der Waals surface area (Å²) in [5.41, 5.74) is 3.77. The Morgan fingerprint density at radius 3 is 2.08 bits per heavy atom. The molecule has 2 heterocycles. The smallest absolute Gasteiger partial charge is 0.325 e. The van der Waals surface area contributed by atoms with Crippen LogP contribution in [0.2, 0.25) is 0 Å². The van der Waals surface area contributed by atoms with E-state index in [1.807, 2.05) is 35.2 Å². The van der Waals surface area contributed by atoms with Gasteiger partial charge >= 0.3 is 6.03 Å². The third-order valence-electron chi connectivity index (χ3n) is 7.21. The molecule has 2 fully saturated rings. The van der Waals surface area contributed by atoms with Crippen LogP contribution in [0.4, 0.5) is 4.79 Å². The van der Waals surface area contributed by atoms with Gasteiger partial charge in [0, 0.05) is 26.1 Å². The summed E-state index contributed by atoms with van der Waals surface area (Å²) in [6.07, 6.45) is 2.17. The Labute approximate surface area is 218 Å². The first-order valence-electron chi connectivity index (χ1n) is 12.9. The lowest BCUT2D eigenvalue weighted by atomic mass is 9.89. The van der Waals surface area contributed by atoms with E-state index in [0.717, 1.165) is 19.3 Å². The molecule has 7 nitrogen and oxygen atoms in total. The Kier molecular flexibility index (Phi) is 7.49. The predicted octanol–water partition coefficient (Wildman–Crippen LogP) is 3.98. The van der Waals surface area contributed by atoms with Gasteiger partial charge in [-0.1, -0.05) is 91.0 Å². The third-order valence-corrected chi connectivity index (χ3v) is 7.21. The maximum Gasteiger partial charge on any atom is 0.325 e. The van der Waals surface area contributed by atoms with E-state index < -0.39 is 18.2 Å². The topological polar surface area (TPSA) is 77.0 Å². The fourth-order valence-corrected chi connectivity index (χ4v) is 5.26. The van der Waals surface area contributed by atoms with Gasteiger partial charge in [0.2, 0.25) is 0 Å². The van der Waals surface area contributed by atoms with Crippen molar-refractivity contribution in [1.29, 1.82) is 0 Å². The number of aliphatic imine (C=N–C) groups is 1. The SMILES string of the molecule is CN1C(=O)NC(=O)C2C1NC(=NCCC(c1ccccc1)c1ccccc1)N2CCCc1ccccc1. The molecule has 2 atom stereocenters. The van der Waals surface area contributed by atoms with Crippen LogP contribution in [0.25, 0.3) is 0 Å². The number of carbonyl (C=O) groups excluding carboxylic acids is 2. The number of guanidine groups is 1. The number of rotatable bonds is 9. The highest BCUT2D eigenvalue weighted by Gasteiger charge is 2.49. The van der Waals surface area contributed by atoms with E-state index in [1.54, 1.807) is 11.9 Å². The number of aryl methyl sites for hydroxylation is 1. The lowest BCUT2D eigenvalue weighted by molar-refractivity contribution is -0.127. The summed E-state index contributed by atoms with van der Waals surface area (Å²) < 4.78 is 0. The molecule has 0 aliphatic carbocycles. The van der Waals surface area contributed by atoms with Crippen molar-refractivity contribution in [3.8, 4) is 0 Å². The molecule has 2 aliphatic rings. The number of imide groups is 1. The number of carbonyl (C=O) groups is 2. The molecule has 5 rings (SSSR count). The van der Waals surface area contributed by atoms with Gasteiger partial charge in [0.1, 0.15) is 6.17 Å². The molecule has 7 heteroatoms. The number of benzene rings is 3. The van der Waals surface area contributed by atoms with Crippen LogP contribution in [-0.4, -0.2) is 60.0 Å². The molecule has 3 aromatic carbocycles. The number of amides is 3. The zero-order chi connectivity index (χ0) is 25.6. The Balaban J connectivity index is 1.34. The van der Waals surface area contributed by atoms with Crippen molar-refractivity contribution in [3.63, 3.8) is 0 Å². The van der Waals surface area contributed by atoms with Crippen molar-refractivity contribution in [2.24, 2.45) is 4.99 Å². The van der Waals surface area contributed by atoms with Gasteiger partial charge in [0.25, 0.3) is 5.91 Å². The van der Waals surface area contributed by atoms with Crippen LogP contribution in [0.5, 0.6) is 0 Å². The maximum absolute atomic E-state index is 12.9. The number of nitrogens with one attached hydrogen (secondary N) is 2. The molecule has 2 unspecified atom stereocenters. The summed E-state index contributed by atoms with van der Waals surface area (Å²) >= 11 is 0. The van der Waals surface area contributed by atoms with Crippen LogP contribution < -0.4 is 10.6 Å². The first-order valence-corrected chi connectivity index (χ1v) is 12.9. The zero-order valence-corrected chi connectivity index (χ0v) is 21.1. The van der Waals surface area contributed by atoms with Crippen molar-refractivity contribution in [2.75, 3.05) is 20.1 Å². The van der Waals surface area contributed by atoms with Crippen molar-refractivity contribution in [2.45, 2.75) is 37.4 Å². The molecule has 0 radical (unpaired) electrons. The standard InChI is InChI=1S/C30H33N5O2/c1-34-27-26(28(36)33-30(34)37)35(21-11-14-22-12-5-2-6-13-22)29(32-27)31-20-19-25(23-15-7-3-8-16-23)24-17-9-4-10-18-24/h2-10,12-13,15-18,25-27H,11,14,19-21H2,1H3,(H,31,32)(H,33,36,37). The van der Waals surface area contributed by atoms with Gasteiger partial charge in [0.05, 0.1) is 0 Å². The molecule has 0 aromatic heterocycles. The van der Waals surface area contributed by atoms with Gasteiger partial charge < -0.3 is 15.1 Å². The average Bonchev–Trinajstić information content (AvgIpc) is 3.30. The van der Waals surface area contributed by atoms with E-state index in [4.69, 9.17) is 4.99 Å². The molecule has 2 aliphatic heterocycles. The summed E-state index contributed by atoms with van der Waals surface area (Å²) in [4.78, 5) is 33.7. The van der Waals surface area contributed by atoms with Crippen LogP contribution in [0, 0.1) is 0 Å². The quantitative estimate of drug-likeness (QED) is 0.471. The van der Waals surface area contributed by atoms with Crippen molar-refractivity contribution in [1.82, 2.24) is 20.4 Å². The van der Waals surface area contributed by atoms with E-state index in [0.29, 0.717) is 19.0 Å². The Morgan fingerprint density at radius 1 is 0.865 bits per heavy atom. The summed E-state index contributed by atoms with van der Waals surface area (Å²) in [5, 5.41) is 5.86. The minimum atomic E-state index is -0.503. The van der Waals surface area contributed by atoms with Crippen LogP contribution >= 0.6 is 0 Å². The molecular formula is C30H33N5O2. The minimum Gasteiger partial charge on any atom is -0.334 e. The molecule has 0 saturated carbocycles. The van der Waals surface area contributed by atoms with E-state index in [-0.39, 0.29) is 11.8 Å². The number of likely N-dealkylation sites (N-methyl/N-ethyl adjacent to an activating group) is 1. The molecule has 2 N–H and O–H groups in total. The number of hydrogen-bond acceptors (Lipinski definition) is 3. The third kappa shape index (κ3) is 5.50. The fraction of sp³-hybridized carbons (Fsp3) is 0.300. The molecule has 0 spiro atoms. The van der Waals surface area contributed by atoms with Crippen molar-refractivity contribution in [3.05, 3.63) is 108 Å². The molecule has 37 heavy (non-hydrogen) atoms. The maximum atomic E-state index is 12.9. The van der Waals surface area contributed by atoms with Crippen LogP contribution in [0.3, 0.4) is 0 Å². The van der Waals surface area contributed by atoms with Gasteiger partial charge in [-0.05, 0) is 36.0 Å². The minimum absolute atomic E-state index is 0.217. The van der Waals surface area contributed by atoms with Gasteiger partial charge in [0.15, 0.2) is 12.0 Å². The Bertz CT molecular complexity index is 1190. The van der Waals surface area contributed by atoms with Gasteiger partial charge in [-0.25, -0.2) is 4.79 Å². The summed E-state index contributed by atoms with van der Waals surface area (Å²) in [6.45, 7) is 1.25. The highest BCUT2D eigenvalue weighted by molar-refractivity contribution is 6.04. The fourth-order valence-electron chi connectivity index (χ4n) is 5.26. The lowest BCUT2D eigenvalue weighted by Gasteiger charge is -2.35. The molecule has 0 bridgehead atoms. The first kappa shape index (κ1) is 24.6. The number of nitrogens with zero attached hydrogens (tertiary/aromatic N) is 3. The van der Waals surface area contributed by atoms with E-state index in [1.165, 1.54) is 16.7 Å². The van der Waals surface area contributed by atoms with Gasteiger partial charge in [-0.2, -0.15) is 0 Å². The van der Waals surface area contributed by atoms with Crippen LogP contribution in [-0.2, 0) is 11.2 Å². The van der Waals surface area contributed by atoms with Crippen LogP contribution in [0.1, 0.15) is 35.4 Å². The molecule has 190 valence electrons. The summed E-state index contributed by atoms with van der Waals surface area (Å²) in [7, 11) is 1.71. The Hall–Kier alpha value is -4.13. The summed E-state index contributed by atoms with van der Waals surface area (Å²) in [6, 6.07) is 30.4. The number of fused-ring (bicyclic) bond motifs is 1. The lowest BCUT2D eigenvalue weighted by Crippen LogP contribution is -2.64. The van der Waals surface area contributed by atoms with Crippen molar-refractivity contribution < 1.29 is 9.59 Å². The monoisotopic (exact) mass is 495 g/mol. The highest BCUT2D eigenvalue weighted by atomic mass is 16.2. The average molecular weight is 496 g/mol. The van der Waals surface area contributed by atoms with Crippen LogP contribution in [0.15, 0.2) is 96.0 Å². The normalized spacial score (nSPS) is 20.2. The number of urea groups is 1. The molecular weight excluding hydrogens is 462 g/mol. The van der Waals surface area contributed by atoms with E-state index in [9.17, 15) is 9.59 Å². The molecule has 2 saturated heterocycles. The Morgan fingerprint density at radius 2 is 1.46 bits per heavy atom. The van der Waals surface area contributed by atoms with Crippen molar-refractivity contribution >= 4 is 17.9 Å². The second kappa shape index (κ2) is 11.3. The highest BCUT2D eigenvalue weighted by Crippen LogP contribution is 2.28. The van der Waals surface area contributed by atoms with E-state index in [2.05, 4.69) is 71.3 Å². The van der Waals surface area contributed by atoms with E-state index >= 15 is 0 Å². The van der Waals surface area contributed by atoms with Gasteiger partial charge in [-0.15, -0.1) is 0 Å². The van der Waals surface area contributed by atoms with Gasteiger partial charge in [-0.3, -0.25) is 15.1 Å². The second-order valence-corrected chi connectivity index (χ2v) is 9.59. The summed E-state index contributed by atoms with van der Waals surface area (Å²) in [5.74, 6) is 0.617. The zero-order valence-electron chi connectivity index (χ0n) is 21.1. The molecule has 3 amide bonds. The largest absolute Gasteiger partial charge is 0.334 e. The predicted molar refractivity (Wildman–Crippen MR) is 145 cm³/mol. The molecule has 3 aromatic rings.